The number of sulfonamides is 1. The number of hydrogen-bond acceptors (Lipinski definition) is 6. The molecule has 1 fully saturated rings. The SMILES string of the molecule is CCC(C)S(=O)(=O)NCCOCCn1c(CC2CC2)nc2c(N)nc(C)cc21. The molecule has 0 aromatic carbocycles. The van der Waals surface area contributed by atoms with Crippen molar-refractivity contribution in [3.63, 3.8) is 0 Å². The molecule has 0 spiro atoms. The second-order valence-corrected chi connectivity index (χ2v) is 9.80. The van der Waals surface area contributed by atoms with E-state index in [4.69, 9.17) is 15.5 Å². The van der Waals surface area contributed by atoms with Crippen LogP contribution in [0.3, 0.4) is 0 Å². The quantitative estimate of drug-likeness (QED) is 0.549. The molecule has 1 aliphatic rings. The zero-order valence-corrected chi connectivity index (χ0v) is 17.8. The summed E-state index contributed by atoms with van der Waals surface area (Å²) >= 11 is 0. The fourth-order valence-corrected chi connectivity index (χ4v) is 4.27. The number of fused-ring (bicyclic) bond motifs is 1. The third-order valence-corrected chi connectivity index (χ3v) is 7.25. The molecule has 2 aromatic rings. The van der Waals surface area contributed by atoms with Crippen molar-refractivity contribution < 1.29 is 13.2 Å². The standard InChI is InChI=1S/C19H31N5O3S/c1-4-14(3)28(25,26)21-7-9-27-10-8-24-16-11-13(2)22-19(20)18(16)23-17(24)12-15-5-6-15/h11,14-15,21H,4-10,12H2,1-3H3,(H2,20,22). The monoisotopic (exact) mass is 409 g/mol. The first-order chi connectivity index (χ1) is 13.3. The molecule has 9 heteroatoms. The van der Waals surface area contributed by atoms with E-state index >= 15 is 0 Å². The third kappa shape index (κ3) is 5.01. The highest BCUT2D eigenvalue weighted by Gasteiger charge is 2.25. The van der Waals surface area contributed by atoms with Crippen LogP contribution in [0.1, 0.15) is 44.6 Å². The van der Waals surface area contributed by atoms with Gasteiger partial charge in [-0.1, -0.05) is 6.92 Å². The highest BCUT2D eigenvalue weighted by molar-refractivity contribution is 7.90. The van der Waals surface area contributed by atoms with E-state index in [0.717, 1.165) is 29.0 Å². The predicted molar refractivity (Wildman–Crippen MR) is 111 cm³/mol. The summed E-state index contributed by atoms with van der Waals surface area (Å²) in [5, 5.41) is -0.392. The van der Waals surface area contributed by atoms with Gasteiger partial charge in [-0.15, -0.1) is 0 Å². The fourth-order valence-electron chi connectivity index (χ4n) is 3.18. The maximum absolute atomic E-state index is 11.9. The van der Waals surface area contributed by atoms with Crippen LogP contribution in [0.4, 0.5) is 5.82 Å². The van der Waals surface area contributed by atoms with E-state index in [1.807, 2.05) is 19.9 Å². The number of rotatable bonds is 11. The van der Waals surface area contributed by atoms with Crippen molar-refractivity contribution >= 4 is 26.9 Å². The number of nitrogens with two attached hydrogens (primary N) is 1. The van der Waals surface area contributed by atoms with Crippen LogP contribution < -0.4 is 10.5 Å². The maximum atomic E-state index is 11.9. The first kappa shape index (κ1) is 21.0. The largest absolute Gasteiger partial charge is 0.382 e. The molecule has 1 unspecified atom stereocenters. The predicted octanol–water partition coefficient (Wildman–Crippen LogP) is 2.01. The topological polar surface area (TPSA) is 112 Å². The smallest absolute Gasteiger partial charge is 0.214 e. The van der Waals surface area contributed by atoms with Crippen molar-refractivity contribution in [2.45, 2.75) is 58.2 Å². The number of anilines is 1. The molecule has 156 valence electrons. The first-order valence-corrected chi connectivity index (χ1v) is 11.5. The van der Waals surface area contributed by atoms with E-state index in [1.165, 1.54) is 12.8 Å². The normalized spacial score (nSPS) is 16.0. The average Bonchev–Trinajstić information content (AvgIpc) is 3.39. The summed E-state index contributed by atoms with van der Waals surface area (Å²) in [5.74, 6) is 2.20. The summed E-state index contributed by atoms with van der Waals surface area (Å²) in [5.41, 5.74) is 8.68. The van der Waals surface area contributed by atoms with Crippen molar-refractivity contribution in [2.24, 2.45) is 5.92 Å². The Hall–Kier alpha value is -1.71. The molecule has 0 saturated heterocycles. The molecule has 28 heavy (non-hydrogen) atoms. The molecule has 3 rings (SSSR count). The summed E-state index contributed by atoms with van der Waals surface area (Å²) in [6, 6.07) is 2.01. The number of ether oxygens (including phenoxy) is 1. The van der Waals surface area contributed by atoms with Crippen LogP contribution >= 0.6 is 0 Å². The number of hydrogen-bond donors (Lipinski definition) is 2. The van der Waals surface area contributed by atoms with Crippen LogP contribution in [0, 0.1) is 12.8 Å². The lowest BCUT2D eigenvalue weighted by molar-refractivity contribution is 0.131. The van der Waals surface area contributed by atoms with Gasteiger partial charge in [-0.05, 0) is 45.1 Å². The third-order valence-electron chi connectivity index (χ3n) is 5.25. The fraction of sp³-hybridized carbons (Fsp3) is 0.684. The van der Waals surface area contributed by atoms with Gasteiger partial charge in [0.25, 0.3) is 0 Å². The van der Waals surface area contributed by atoms with Gasteiger partial charge in [-0.2, -0.15) is 0 Å². The Kier molecular flexibility index (Phi) is 6.57. The summed E-state index contributed by atoms with van der Waals surface area (Å²) in [7, 11) is -3.26. The summed E-state index contributed by atoms with van der Waals surface area (Å²) in [4.78, 5) is 9.06. The van der Waals surface area contributed by atoms with E-state index in [-0.39, 0.29) is 6.54 Å². The minimum Gasteiger partial charge on any atom is -0.382 e. The number of nitrogens with zero attached hydrogens (tertiary/aromatic N) is 3. The Morgan fingerprint density at radius 3 is 2.79 bits per heavy atom. The lowest BCUT2D eigenvalue weighted by Gasteiger charge is -2.13. The Morgan fingerprint density at radius 1 is 1.36 bits per heavy atom. The van der Waals surface area contributed by atoms with Gasteiger partial charge in [0.2, 0.25) is 10.0 Å². The summed E-state index contributed by atoms with van der Waals surface area (Å²) in [6.45, 7) is 7.24. The second-order valence-electron chi connectivity index (χ2n) is 7.61. The zero-order valence-electron chi connectivity index (χ0n) is 16.9. The molecular formula is C19H31N5O3S. The van der Waals surface area contributed by atoms with Gasteiger partial charge >= 0.3 is 0 Å². The van der Waals surface area contributed by atoms with Crippen molar-refractivity contribution in [3.05, 3.63) is 17.6 Å². The number of nitrogens with one attached hydrogen (secondary N) is 1. The van der Waals surface area contributed by atoms with Crippen LogP contribution in [-0.2, 0) is 27.7 Å². The first-order valence-electron chi connectivity index (χ1n) is 10.00. The van der Waals surface area contributed by atoms with E-state index in [2.05, 4.69) is 14.3 Å². The number of nitrogen functional groups attached to an aromatic ring is 1. The van der Waals surface area contributed by atoms with Crippen molar-refractivity contribution in [2.75, 3.05) is 25.5 Å². The van der Waals surface area contributed by atoms with Crippen LogP contribution in [0.5, 0.6) is 0 Å². The zero-order chi connectivity index (χ0) is 20.3. The summed E-state index contributed by atoms with van der Waals surface area (Å²) < 4.78 is 34.3. The molecule has 0 amide bonds. The van der Waals surface area contributed by atoms with Gasteiger partial charge < -0.3 is 15.0 Å². The van der Waals surface area contributed by atoms with E-state index in [9.17, 15) is 8.42 Å². The van der Waals surface area contributed by atoms with Gasteiger partial charge in [0.15, 0.2) is 5.82 Å². The number of pyridine rings is 1. The molecule has 1 saturated carbocycles. The van der Waals surface area contributed by atoms with Crippen molar-refractivity contribution in [3.8, 4) is 0 Å². The molecule has 8 nitrogen and oxygen atoms in total. The van der Waals surface area contributed by atoms with Crippen molar-refractivity contribution in [1.29, 1.82) is 0 Å². The van der Waals surface area contributed by atoms with E-state index in [1.54, 1.807) is 6.92 Å². The van der Waals surface area contributed by atoms with Gasteiger partial charge in [-0.3, -0.25) is 0 Å². The molecule has 0 radical (unpaired) electrons. The molecule has 3 N–H and O–H groups in total. The minimum atomic E-state index is -3.26. The molecule has 1 atom stereocenters. The van der Waals surface area contributed by atoms with Gasteiger partial charge in [0.05, 0.1) is 24.0 Å². The highest BCUT2D eigenvalue weighted by atomic mass is 32.2. The number of imidazole rings is 1. The van der Waals surface area contributed by atoms with E-state index < -0.39 is 15.3 Å². The Morgan fingerprint density at radius 2 is 2.11 bits per heavy atom. The molecular weight excluding hydrogens is 378 g/mol. The maximum Gasteiger partial charge on any atom is 0.214 e. The van der Waals surface area contributed by atoms with Crippen molar-refractivity contribution in [1.82, 2.24) is 19.3 Å². The molecule has 1 aliphatic carbocycles. The molecule has 2 aromatic heterocycles. The average molecular weight is 410 g/mol. The Labute approximate surface area is 166 Å². The van der Waals surface area contributed by atoms with Gasteiger partial charge in [-0.25, -0.2) is 23.1 Å². The van der Waals surface area contributed by atoms with Crippen LogP contribution in [0.2, 0.25) is 0 Å². The van der Waals surface area contributed by atoms with E-state index in [0.29, 0.717) is 37.9 Å². The highest BCUT2D eigenvalue weighted by Crippen LogP contribution is 2.33. The number of aryl methyl sites for hydroxylation is 1. The number of aromatic nitrogens is 3. The summed E-state index contributed by atoms with van der Waals surface area (Å²) in [6.07, 6.45) is 4.04. The lowest BCUT2D eigenvalue weighted by atomic mass is 10.3. The molecule has 0 aliphatic heterocycles. The Bertz CT molecular complexity index is 921. The second kappa shape index (κ2) is 8.75. The molecule has 2 heterocycles. The molecule has 0 bridgehead atoms. The van der Waals surface area contributed by atoms with Crippen LogP contribution in [0.25, 0.3) is 11.0 Å². The van der Waals surface area contributed by atoms with Gasteiger partial charge in [0.1, 0.15) is 11.3 Å². The van der Waals surface area contributed by atoms with Gasteiger partial charge in [0, 0.05) is 25.2 Å². The Balaban J connectivity index is 1.59. The van der Waals surface area contributed by atoms with Crippen LogP contribution in [0.15, 0.2) is 6.07 Å². The van der Waals surface area contributed by atoms with Crippen LogP contribution in [-0.4, -0.2) is 48.0 Å². The minimum absolute atomic E-state index is 0.280. The lowest BCUT2D eigenvalue weighted by Crippen LogP contribution is -2.34.